The number of carbonyl (C=O) groups is 1. The van der Waals surface area contributed by atoms with Gasteiger partial charge in [0.1, 0.15) is 11.5 Å². The van der Waals surface area contributed by atoms with Gasteiger partial charge < -0.3 is 4.74 Å². The summed E-state index contributed by atoms with van der Waals surface area (Å²) in [6.07, 6.45) is 0. The first-order chi connectivity index (χ1) is 13.3. The molecule has 0 amide bonds. The summed E-state index contributed by atoms with van der Waals surface area (Å²) in [5, 5.41) is 1.01. The van der Waals surface area contributed by atoms with Crippen LogP contribution in [-0.4, -0.2) is 27.7 Å². The minimum Gasteiger partial charge on any atom is -0.492 e. The van der Waals surface area contributed by atoms with Gasteiger partial charge in [-0.3, -0.25) is 14.2 Å². The zero-order chi connectivity index (χ0) is 20.3. The second-order valence-corrected chi connectivity index (χ2v) is 8.36. The number of benzene rings is 2. The van der Waals surface area contributed by atoms with Crippen LogP contribution in [0.4, 0.5) is 0 Å². The van der Waals surface area contributed by atoms with Crippen molar-refractivity contribution < 1.29 is 9.53 Å². The second-order valence-electron chi connectivity index (χ2n) is 7.41. The molecule has 5 nitrogen and oxygen atoms in total. The summed E-state index contributed by atoms with van der Waals surface area (Å²) in [5.74, 6) is 0.947. The minimum atomic E-state index is -0.446. The molecule has 0 N–H and O–H groups in total. The zero-order valence-electron chi connectivity index (χ0n) is 16.6. The maximum Gasteiger partial charge on any atom is 0.266 e. The Morgan fingerprint density at radius 3 is 2.50 bits per heavy atom. The van der Waals surface area contributed by atoms with Crippen molar-refractivity contribution in [3.05, 3.63) is 58.9 Å². The zero-order valence-corrected chi connectivity index (χ0v) is 17.4. The normalized spacial score (nSPS) is 11.6. The van der Waals surface area contributed by atoms with Gasteiger partial charge in [0, 0.05) is 5.41 Å². The predicted octanol–water partition coefficient (Wildman–Crippen LogP) is 4.49. The number of ketones is 1. The first kappa shape index (κ1) is 20.1. The quantitative estimate of drug-likeness (QED) is 0.454. The SMILES string of the molecule is CCOc1ccccc1-n1c(SCC(=O)C(C)(C)C)nc2ccccc2c1=O. The first-order valence-corrected chi connectivity index (χ1v) is 10.2. The van der Waals surface area contributed by atoms with Gasteiger partial charge in [-0.05, 0) is 31.2 Å². The molecule has 0 aliphatic heterocycles. The number of hydrogen-bond acceptors (Lipinski definition) is 5. The molecule has 0 unspecified atom stereocenters. The molecule has 0 fully saturated rings. The third kappa shape index (κ3) is 4.12. The fourth-order valence-electron chi connectivity index (χ4n) is 2.69. The maximum atomic E-state index is 13.3. The lowest BCUT2D eigenvalue weighted by Gasteiger charge is -2.18. The fraction of sp³-hybridized carbons (Fsp3) is 0.318. The molecular formula is C22H24N2O3S. The topological polar surface area (TPSA) is 61.2 Å². The summed E-state index contributed by atoms with van der Waals surface area (Å²) in [6, 6.07) is 14.6. The molecule has 2 aromatic carbocycles. The highest BCUT2D eigenvalue weighted by Crippen LogP contribution is 2.28. The number of rotatable bonds is 6. The first-order valence-electron chi connectivity index (χ1n) is 9.23. The van der Waals surface area contributed by atoms with Gasteiger partial charge in [0.25, 0.3) is 5.56 Å². The number of fused-ring (bicyclic) bond motifs is 1. The van der Waals surface area contributed by atoms with Crippen molar-refractivity contribution in [2.75, 3.05) is 12.4 Å². The summed E-state index contributed by atoms with van der Waals surface area (Å²) >= 11 is 1.28. The van der Waals surface area contributed by atoms with E-state index in [0.717, 1.165) is 0 Å². The lowest BCUT2D eigenvalue weighted by Crippen LogP contribution is -2.25. The second kappa shape index (κ2) is 8.19. The van der Waals surface area contributed by atoms with Gasteiger partial charge in [0.05, 0.1) is 29.0 Å². The van der Waals surface area contributed by atoms with Crippen molar-refractivity contribution in [2.45, 2.75) is 32.9 Å². The Morgan fingerprint density at radius 1 is 1.11 bits per heavy atom. The molecule has 0 atom stereocenters. The lowest BCUT2D eigenvalue weighted by molar-refractivity contribution is -0.123. The van der Waals surface area contributed by atoms with E-state index < -0.39 is 5.41 Å². The smallest absolute Gasteiger partial charge is 0.266 e. The Kier molecular flexibility index (Phi) is 5.89. The van der Waals surface area contributed by atoms with Crippen LogP contribution >= 0.6 is 11.8 Å². The molecule has 6 heteroatoms. The van der Waals surface area contributed by atoms with Crippen molar-refractivity contribution >= 4 is 28.4 Å². The fourth-order valence-corrected chi connectivity index (χ4v) is 3.85. The van der Waals surface area contributed by atoms with Crippen molar-refractivity contribution in [1.29, 1.82) is 0 Å². The average Bonchev–Trinajstić information content (AvgIpc) is 2.66. The van der Waals surface area contributed by atoms with Crippen molar-refractivity contribution in [2.24, 2.45) is 5.41 Å². The van der Waals surface area contributed by atoms with Crippen LogP contribution in [0.15, 0.2) is 58.5 Å². The van der Waals surface area contributed by atoms with Gasteiger partial charge in [-0.15, -0.1) is 0 Å². The maximum absolute atomic E-state index is 13.3. The van der Waals surface area contributed by atoms with Gasteiger partial charge in [-0.25, -0.2) is 4.98 Å². The molecule has 0 spiro atoms. The molecule has 0 aliphatic carbocycles. The van der Waals surface area contributed by atoms with Crippen LogP contribution in [0, 0.1) is 5.41 Å². The predicted molar refractivity (Wildman–Crippen MR) is 114 cm³/mol. The molecule has 0 radical (unpaired) electrons. The summed E-state index contributed by atoms with van der Waals surface area (Å²) in [5.41, 5.74) is 0.614. The van der Waals surface area contributed by atoms with Crippen LogP contribution in [0.1, 0.15) is 27.7 Å². The molecule has 0 saturated heterocycles. The Bertz CT molecular complexity index is 1070. The number of para-hydroxylation sites is 3. The Morgan fingerprint density at radius 2 is 1.79 bits per heavy atom. The molecule has 1 aromatic heterocycles. The van der Waals surface area contributed by atoms with Crippen molar-refractivity contribution in [1.82, 2.24) is 9.55 Å². The highest BCUT2D eigenvalue weighted by molar-refractivity contribution is 7.99. The van der Waals surface area contributed by atoms with E-state index in [9.17, 15) is 9.59 Å². The van der Waals surface area contributed by atoms with E-state index >= 15 is 0 Å². The highest BCUT2D eigenvalue weighted by atomic mass is 32.2. The number of Topliss-reactive ketones (excluding diaryl/α,β-unsaturated/α-hetero) is 1. The Balaban J connectivity index is 2.18. The number of nitrogens with zero attached hydrogens (tertiary/aromatic N) is 2. The summed E-state index contributed by atoms with van der Waals surface area (Å²) < 4.78 is 7.28. The van der Waals surface area contributed by atoms with Gasteiger partial charge >= 0.3 is 0 Å². The Hall–Kier alpha value is -2.60. The van der Waals surface area contributed by atoms with Crippen molar-refractivity contribution in [3.63, 3.8) is 0 Å². The molecule has 0 saturated carbocycles. The largest absolute Gasteiger partial charge is 0.492 e. The Labute approximate surface area is 168 Å². The molecule has 0 aliphatic rings. The highest BCUT2D eigenvalue weighted by Gasteiger charge is 2.23. The van der Waals surface area contributed by atoms with E-state index in [1.165, 1.54) is 11.8 Å². The van der Waals surface area contributed by atoms with Gasteiger partial charge in [0.2, 0.25) is 0 Å². The van der Waals surface area contributed by atoms with Crippen LogP contribution in [0.3, 0.4) is 0 Å². The number of ether oxygens (including phenoxy) is 1. The molecule has 3 rings (SSSR count). The van der Waals surface area contributed by atoms with Gasteiger partial charge in [0.15, 0.2) is 5.16 Å². The third-order valence-electron chi connectivity index (χ3n) is 4.32. The molecular weight excluding hydrogens is 372 g/mol. The number of carbonyl (C=O) groups excluding carboxylic acids is 1. The molecule has 1 heterocycles. The van der Waals surface area contributed by atoms with Crippen LogP contribution in [0.2, 0.25) is 0 Å². The van der Waals surface area contributed by atoms with Crippen LogP contribution in [0.5, 0.6) is 5.75 Å². The van der Waals surface area contributed by atoms with E-state index in [1.54, 1.807) is 10.6 Å². The van der Waals surface area contributed by atoms with Gasteiger partial charge in [-0.2, -0.15) is 0 Å². The van der Waals surface area contributed by atoms with Crippen molar-refractivity contribution in [3.8, 4) is 11.4 Å². The average molecular weight is 397 g/mol. The number of hydrogen-bond donors (Lipinski definition) is 0. The van der Waals surface area contributed by atoms with Crippen LogP contribution < -0.4 is 10.3 Å². The molecule has 146 valence electrons. The summed E-state index contributed by atoms with van der Waals surface area (Å²) in [6.45, 7) is 8.05. The number of aromatic nitrogens is 2. The van der Waals surface area contributed by atoms with E-state index in [0.29, 0.717) is 34.1 Å². The van der Waals surface area contributed by atoms with E-state index in [-0.39, 0.29) is 17.1 Å². The number of thioether (sulfide) groups is 1. The third-order valence-corrected chi connectivity index (χ3v) is 5.26. The molecule has 0 bridgehead atoms. The monoisotopic (exact) mass is 396 g/mol. The van der Waals surface area contributed by atoms with E-state index in [2.05, 4.69) is 4.98 Å². The van der Waals surface area contributed by atoms with E-state index in [4.69, 9.17) is 4.74 Å². The van der Waals surface area contributed by atoms with E-state index in [1.807, 2.05) is 70.2 Å². The summed E-state index contributed by atoms with van der Waals surface area (Å²) in [4.78, 5) is 30.4. The standard InChI is InChI=1S/C22H24N2O3S/c1-5-27-18-13-9-8-12-17(18)24-20(26)15-10-6-7-11-16(15)23-21(24)28-14-19(25)22(2,3)4/h6-13H,5,14H2,1-4H3. The van der Waals surface area contributed by atoms with Crippen LogP contribution in [-0.2, 0) is 4.79 Å². The van der Waals surface area contributed by atoms with Gasteiger partial charge in [-0.1, -0.05) is 56.8 Å². The lowest BCUT2D eigenvalue weighted by atomic mass is 9.92. The molecule has 3 aromatic rings. The molecule has 28 heavy (non-hydrogen) atoms. The summed E-state index contributed by atoms with van der Waals surface area (Å²) in [7, 11) is 0. The minimum absolute atomic E-state index is 0.101. The van der Waals surface area contributed by atoms with Crippen LogP contribution in [0.25, 0.3) is 16.6 Å².